The lowest BCUT2D eigenvalue weighted by molar-refractivity contribution is 0.312. The number of hydrogen-bond donors (Lipinski definition) is 1. The summed E-state index contributed by atoms with van der Waals surface area (Å²) in [6.45, 7) is 12.0. The Morgan fingerprint density at radius 1 is 1.45 bits per heavy atom. The average molecular weight is 156 g/mol. The van der Waals surface area contributed by atoms with Crippen LogP contribution in [-0.4, -0.2) is 31.1 Å². The van der Waals surface area contributed by atoms with Gasteiger partial charge in [0.2, 0.25) is 0 Å². The minimum absolute atomic E-state index is 0.611. The van der Waals surface area contributed by atoms with Crippen molar-refractivity contribution in [1.82, 2.24) is 4.90 Å². The molecule has 0 atom stereocenters. The predicted octanol–water partition coefficient (Wildman–Crippen LogP) is 1.23. The van der Waals surface area contributed by atoms with Crippen LogP contribution in [0.15, 0.2) is 12.2 Å². The van der Waals surface area contributed by atoms with Crippen LogP contribution in [0.1, 0.15) is 20.3 Å². The molecular formula is C9H20N2. The van der Waals surface area contributed by atoms with Crippen LogP contribution in [0.3, 0.4) is 0 Å². The third-order valence-corrected chi connectivity index (χ3v) is 1.72. The van der Waals surface area contributed by atoms with Gasteiger partial charge in [0.25, 0.3) is 0 Å². The van der Waals surface area contributed by atoms with Gasteiger partial charge in [-0.15, -0.1) is 0 Å². The van der Waals surface area contributed by atoms with E-state index in [1.165, 1.54) is 6.42 Å². The molecule has 0 radical (unpaired) electrons. The van der Waals surface area contributed by atoms with Gasteiger partial charge in [-0.05, 0) is 25.1 Å². The van der Waals surface area contributed by atoms with E-state index in [9.17, 15) is 0 Å². The van der Waals surface area contributed by atoms with Crippen LogP contribution in [0, 0.1) is 0 Å². The normalized spacial score (nSPS) is 10.5. The van der Waals surface area contributed by atoms with E-state index in [0.717, 1.165) is 25.2 Å². The summed E-state index contributed by atoms with van der Waals surface area (Å²) in [7, 11) is 0. The number of hydrogen-bond acceptors (Lipinski definition) is 2. The molecule has 2 nitrogen and oxygen atoms in total. The molecule has 0 saturated heterocycles. The Morgan fingerprint density at radius 2 is 2.09 bits per heavy atom. The summed E-state index contributed by atoms with van der Waals surface area (Å²) in [6.07, 6.45) is 1.20. The van der Waals surface area contributed by atoms with E-state index < -0.39 is 0 Å². The second kappa shape index (κ2) is 6.38. The maximum absolute atomic E-state index is 5.44. The third kappa shape index (κ3) is 4.99. The SMILES string of the molecule is C=C(CN)CN(CC)CCC. The summed E-state index contributed by atoms with van der Waals surface area (Å²) in [5.74, 6) is 0. The molecule has 11 heavy (non-hydrogen) atoms. The van der Waals surface area contributed by atoms with E-state index in [1.807, 2.05) is 0 Å². The third-order valence-electron chi connectivity index (χ3n) is 1.72. The van der Waals surface area contributed by atoms with Crippen molar-refractivity contribution in [2.45, 2.75) is 20.3 Å². The molecule has 0 saturated carbocycles. The first kappa shape index (κ1) is 10.7. The molecule has 0 aromatic rings. The second-order valence-corrected chi connectivity index (χ2v) is 2.82. The van der Waals surface area contributed by atoms with Gasteiger partial charge < -0.3 is 5.73 Å². The predicted molar refractivity (Wildman–Crippen MR) is 50.6 cm³/mol. The fraction of sp³-hybridized carbons (Fsp3) is 0.778. The van der Waals surface area contributed by atoms with Crippen molar-refractivity contribution < 1.29 is 0 Å². The maximum atomic E-state index is 5.44. The van der Waals surface area contributed by atoms with Gasteiger partial charge >= 0.3 is 0 Å². The van der Waals surface area contributed by atoms with Crippen molar-refractivity contribution in [3.8, 4) is 0 Å². The molecule has 0 bridgehead atoms. The Labute approximate surface area is 70.1 Å². The first-order valence-corrected chi connectivity index (χ1v) is 4.33. The Morgan fingerprint density at radius 3 is 2.45 bits per heavy atom. The van der Waals surface area contributed by atoms with E-state index in [-0.39, 0.29) is 0 Å². The molecule has 0 aliphatic rings. The summed E-state index contributed by atoms with van der Waals surface area (Å²) in [5, 5.41) is 0. The van der Waals surface area contributed by atoms with Crippen LogP contribution in [0.5, 0.6) is 0 Å². The van der Waals surface area contributed by atoms with Crippen LogP contribution in [0.2, 0.25) is 0 Å². The molecule has 0 aromatic carbocycles. The molecule has 0 unspecified atom stereocenters. The smallest absolute Gasteiger partial charge is 0.0202 e. The second-order valence-electron chi connectivity index (χ2n) is 2.82. The summed E-state index contributed by atoms with van der Waals surface area (Å²) in [5.41, 5.74) is 6.57. The van der Waals surface area contributed by atoms with Gasteiger partial charge in [-0.2, -0.15) is 0 Å². The molecule has 0 spiro atoms. The quantitative estimate of drug-likeness (QED) is 0.586. The molecule has 66 valence electrons. The highest BCUT2D eigenvalue weighted by Crippen LogP contribution is 1.95. The molecule has 2 N–H and O–H groups in total. The van der Waals surface area contributed by atoms with Gasteiger partial charge in [-0.25, -0.2) is 0 Å². The lowest BCUT2D eigenvalue weighted by Gasteiger charge is -2.19. The number of nitrogens with two attached hydrogens (primary N) is 1. The van der Waals surface area contributed by atoms with Crippen LogP contribution in [0.4, 0.5) is 0 Å². The zero-order valence-corrected chi connectivity index (χ0v) is 7.77. The van der Waals surface area contributed by atoms with E-state index >= 15 is 0 Å². The van der Waals surface area contributed by atoms with Crippen LogP contribution in [0.25, 0.3) is 0 Å². The van der Waals surface area contributed by atoms with Crippen molar-refractivity contribution in [3.05, 3.63) is 12.2 Å². The Bertz CT molecular complexity index is 110. The van der Waals surface area contributed by atoms with E-state index in [2.05, 4.69) is 25.3 Å². The van der Waals surface area contributed by atoms with Gasteiger partial charge in [-0.3, -0.25) is 4.90 Å². The van der Waals surface area contributed by atoms with E-state index in [1.54, 1.807) is 0 Å². The Kier molecular flexibility index (Phi) is 6.18. The Balaban J connectivity index is 3.58. The van der Waals surface area contributed by atoms with Crippen LogP contribution < -0.4 is 5.73 Å². The van der Waals surface area contributed by atoms with Crippen molar-refractivity contribution in [2.24, 2.45) is 5.73 Å². The van der Waals surface area contributed by atoms with Crippen molar-refractivity contribution in [3.63, 3.8) is 0 Å². The molecule has 0 amide bonds. The molecule has 0 aromatic heterocycles. The number of likely N-dealkylation sites (N-methyl/N-ethyl adjacent to an activating group) is 1. The topological polar surface area (TPSA) is 29.3 Å². The fourth-order valence-electron chi connectivity index (χ4n) is 1.05. The summed E-state index contributed by atoms with van der Waals surface area (Å²) in [6, 6.07) is 0. The summed E-state index contributed by atoms with van der Waals surface area (Å²) >= 11 is 0. The van der Waals surface area contributed by atoms with Gasteiger partial charge in [0, 0.05) is 13.1 Å². The zero-order valence-electron chi connectivity index (χ0n) is 7.77. The van der Waals surface area contributed by atoms with Crippen LogP contribution in [-0.2, 0) is 0 Å². The zero-order chi connectivity index (χ0) is 8.69. The van der Waals surface area contributed by atoms with Crippen LogP contribution >= 0.6 is 0 Å². The molecule has 2 heteroatoms. The van der Waals surface area contributed by atoms with Gasteiger partial charge in [0.1, 0.15) is 0 Å². The van der Waals surface area contributed by atoms with Crippen molar-refractivity contribution >= 4 is 0 Å². The van der Waals surface area contributed by atoms with Gasteiger partial charge in [0.15, 0.2) is 0 Å². The minimum atomic E-state index is 0.611. The summed E-state index contributed by atoms with van der Waals surface area (Å²) in [4.78, 5) is 2.36. The number of nitrogens with zero attached hydrogens (tertiary/aromatic N) is 1. The van der Waals surface area contributed by atoms with Gasteiger partial charge in [0.05, 0.1) is 0 Å². The van der Waals surface area contributed by atoms with Crippen molar-refractivity contribution in [2.75, 3.05) is 26.2 Å². The van der Waals surface area contributed by atoms with E-state index in [0.29, 0.717) is 6.54 Å². The molecule has 0 aliphatic carbocycles. The lowest BCUT2D eigenvalue weighted by Crippen LogP contribution is -2.28. The molecule has 0 heterocycles. The lowest BCUT2D eigenvalue weighted by atomic mass is 10.2. The highest BCUT2D eigenvalue weighted by atomic mass is 15.1. The average Bonchev–Trinajstić information content (AvgIpc) is 2.03. The van der Waals surface area contributed by atoms with Gasteiger partial charge in [-0.1, -0.05) is 20.4 Å². The monoisotopic (exact) mass is 156 g/mol. The highest BCUT2D eigenvalue weighted by molar-refractivity contribution is 4.98. The standard InChI is InChI=1S/C9H20N2/c1-4-6-11(5-2)8-9(3)7-10/h3-8,10H2,1-2H3. The van der Waals surface area contributed by atoms with Crippen molar-refractivity contribution in [1.29, 1.82) is 0 Å². The molecular weight excluding hydrogens is 136 g/mol. The van der Waals surface area contributed by atoms with E-state index in [4.69, 9.17) is 5.73 Å². The number of rotatable bonds is 6. The fourth-order valence-corrected chi connectivity index (χ4v) is 1.05. The Hall–Kier alpha value is -0.340. The largest absolute Gasteiger partial charge is 0.327 e. The minimum Gasteiger partial charge on any atom is -0.327 e. The first-order chi connectivity index (χ1) is 5.24. The summed E-state index contributed by atoms with van der Waals surface area (Å²) < 4.78 is 0. The first-order valence-electron chi connectivity index (χ1n) is 4.33. The highest BCUT2D eigenvalue weighted by Gasteiger charge is 2.00. The molecule has 0 aliphatic heterocycles. The molecule has 0 fully saturated rings. The maximum Gasteiger partial charge on any atom is 0.0202 e. The molecule has 0 rings (SSSR count).